The van der Waals surface area contributed by atoms with Gasteiger partial charge in [0, 0.05) is 31.2 Å². The van der Waals surface area contributed by atoms with Crippen molar-refractivity contribution in [3.8, 4) is 11.5 Å². The van der Waals surface area contributed by atoms with Crippen molar-refractivity contribution >= 4 is 11.6 Å². The Balaban J connectivity index is 1.97. The van der Waals surface area contributed by atoms with Gasteiger partial charge in [-0.15, -0.1) is 11.6 Å². The summed E-state index contributed by atoms with van der Waals surface area (Å²) in [5.74, 6) is 2.14. The molecular weight excluding hydrogens is 276 g/mol. The van der Waals surface area contributed by atoms with Crippen LogP contribution in [0.1, 0.15) is 31.4 Å². The highest BCUT2D eigenvalue weighted by atomic mass is 35.5. The van der Waals surface area contributed by atoms with Crippen molar-refractivity contribution in [1.82, 2.24) is 10.3 Å². The second kappa shape index (κ2) is 7.14. The number of pyridine rings is 1. The molecule has 1 aliphatic carbocycles. The SMILES string of the molecule is COc1ccnc(CNCC2(CCl)CCCC2)c1OC. The normalized spacial score (nSPS) is 17.1. The molecule has 4 nitrogen and oxygen atoms in total. The summed E-state index contributed by atoms with van der Waals surface area (Å²) in [6, 6.07) is 1.81. The Morgan fingerprint density at radius 2 is 2.05 bits per heavy atom. The van der Waals surface area contributed by atoms with Crippen LogP contribution >= 0.6 is 11.6 Å². The lowest BCUT2D eigenvalue weighted by atomic mass is 9.88. The number of methoxy groups -OCH3 is 2. The molecule has 20 heavy (non-hydrogen) atoms. The summed E-state index contributed by atoms with van der Waals surface area (Å²) in [5, 5.41) is 3.48. The van der Waals surface area contributed by atoms with Gasteiger partial charge in [0.2, 0.25) is 0 Å². The standard InChI is InChI=1S/C15H23ClN2O2/c1-19-13-5-8-18-12(14(13)20-2)9-17-11-15(10-16)6-3-4-7-15/h5,8,17H,3-4,6-7,9-11H2,1-2H3. The Hall–Kier alpha value is -1.00. The van der Waals surface area contributed by atoms with Gasteiger partial charge in [-0.05, 0) is 18.3 Å². The number of rotatable bonds is 7. The van der Waals surface area contributed by atoms with Gasteiger partial charge in [-0.2, -0.15) is 0 Å². The van der Waals surface area contributed by atoms with E-state index in [2.05, 4.69) is 10.3 Å². The number of hydrogen-bond donors (Lipinski definition) is 1. The van der Waals surface area contributed by atoms with Crippen LogP contribution in [-0.2, 0) is 6.54 Å². The Morgan fingerprint density at radius 3 is 2.65 bits per heavy atom. The minimum absolute atomic E-state index is 0.258. The first kappa shape index (κ1) is 15.4. The van der Waals surface area contributed by atoms with Crippen molar-refractivity contribution in [2.24, 2.45) is 5.41 Å². The van der Waals surface area contributed by atoms with E-state index in [1.165, 1.54) is 25.7 Å². The Labute approximate surface area is 125 Å². The van der Waals surface area contributed by atoms with Crippen molar-refractivity contribution in [2.45, 2.75) is 32.2 Å². The number of nitrogens with zero attached hydrogens (tertiary/aromatic N) is 1. The van der Waals surface area contributed by atoms with E-state index >= 15 is 0 Å². The van der Waals surface area contributed by atoms with E-state index in [1.807, 2.05) is 0 Å². The van der Waals surface area contributed by atoms with Crippen molar-refractivity contribution in [2.75, 3.05) is 26.6 Å². The summed E-state index contributed by atoms with van der Waals surface area (Å²) in [6.45, 7) is 1.59. The number of hydrogen-bond acceptors (Lipinski definition) is 4. The summed E-state index contributed by atoms with van der Waals surface area (Å²) in [5.41, 5.74) is 1.13. The molecule has 0 saturated heterocycles. The first-order valence-electron chi connectivity index (χ1n) is 7.07. The van der Waals surface area contributed by atoms with Gasteiger partial charge in [0.1, 0.15) is 0 Å². The molecule has 1 aromatic rings. The van der Waals surface area contributed by atoms with E-state index in [0.29, 0.717) is 18.0 Å². The lowest BCUT2D eigenvalue weighted by Crippen LogP contribution is -2.33. The zero-order valence-corrected chi connectivity index (χ0v) is 13.0. The fraction of sp³-hybridized carbons (Fsp3) is 0.667. The first-order chi connectivity index (χ1) is 9.74. The second-order valence-corrected chi connectivity index (χ2v) is 5.70. The molecule has 1 heterocycles. The van der Waals surface area contributed by atoms with Gasteiger partial charge in [0.05, 0.1) is 19.9 Å². The van der Waals surface area contributed by atoms with Crippen LogP contribution in [0.5, 0.6) is 11.5 Å². The largest absolute Gasteiger partial charge is 0.493 e. The molecule has 1 aliphatic rings. The predicted molar refractivity (Wildman–Crippen MR) is 80.7 cm³/mol. The number of ether oxygens (including phenoxy) is 2. The number of aromatic nitrogens is 1. The van der Waals surface area contributed by atoms with Gasteiger partial charge in [0.25, 0.3) is 0 Å². The third kappa shape index (κ3) is 3.36. The predicted octanol–water partition coefficient (Wildman–Crippen LogP) is 2.99. The van der Waals surface area contributed by atoms with Crippen molar-refractivity contribution in [3.63, 3.8) is 0 Å². The highest BCUT2D eigenvalue weighted by molar-refractivity contribution is 6.18. The fourth-order valence-electron chi connectivity index (χ4n) is 2.91. The molecule has 0 radical (unpaired) electrons. The molecule has 0 atom stereocenters. The Morgan fingerprint density at radius 1 is 1.30 bits per heavy atom. The molecule has 0 spiro atoms. The quantitative estimate of drug-likeness (QED) is 0.786. The third-order valence-corrected chi connectivity index (χ3v) is 4.67. The first-order valence-corrected chi connectivity index (χ1v) is 7.61. The van der Waals surface area contributed by atoms with Crippen LogP contribution in [0, 0.1) is 5.41 Å². The zero-order valence-electron chi connectivity index (χ0n) is 12.2. The molecular formula is C15H23ClN2O2. The molecule has 0 amide bonds. The highest BCUT2D eigenvalue weighted by Gasteiger charge is 2.32. The van der Waals surface area contributed by atoms with Gasteiger partial charge < -0.3 is 14.8 Å². The Kier molecular flexibility index (Phi) is 5.49. The molecule has 1 saturated carbocycles. The van der Waals surface area contributed by atoms with Crippen molar-refractivity contribution < 1.29 is 9.47 Å². The molecule has 0 aliphatic heterocycles. The minimum Gasteiger partial charge on any atom is -0.493 e. The number of alkyl halides is 1. The number of halogens is 1. The average molecular weight is 299 g/mol. The van der Waals surface area contributed by atoms with Gasteiger partial charge >= 0.3 is 0 Å². The van der Waals surface area contributed by atoms with E-state index in [9.17, 15) is 0 Å². The van der Waals surface area contributed by atoms with Crippen LogP contribution in [0.3, 0.4) is 0 Å². The van der Waals surface area contributed by atoms with Crippen LogP contribution in [0.2, 0.25) is 0 Å². The molecule has 112 valence electrons. The van der Waals surface area contributed by atoms with Gasteiger partial charge in [-0.3, -0.25) is 4.98 Å². The molecule has 5 heteroatoms. The zero-order chi connectivity index (χ0) is 14.4. The van der Waals surface area contributed by atoms with Crippen molar-refractivity contribution in [1.29, 1.82) is 0 Å². The summed E-state index contributed by atoms with van der Waals surface area (Å²) < 4.78 is 10.7. The summed E-state index contributed by atoms with van der Waals surface area (Å²) in [7, 11) is 3.27. The molecule has 1 aromatic heterocycles. The molecule has 0 aromatic carbocycles. The lowest BCUT2D eigenvalue weighted by molar-refractivity contribution is 0.315. The smallest absolute Gasteiger partial charge is 0.183 e. The number of nitrogens with one attached hydrogen (secondary N) is 1. The molecule has 0 unspecified atom stereocenters. The van der Waals surface area contributed by atoms with E-state index < -0.39 is 0 Å². The summed E-state index contributed by atoms with van der Waals surface area (Å²) >= 11 is 6.15. The van der Waals surface area contributed by atoms with Gasteiger partial charge in [-0.1, -0.05) is 12.8 Å². The molecule has 2 rings (SSSR count). The molecule has 1 N–H and O–H groups in total. The second-order valence-electron chi connectivity index (χ2n) is 5.44. The Bertz CT molecular complexity index is 434. The maximum Gasteiger partial charge on any atom is 0.183 e. The summed E-state index contributed by atoms with van der Waals surface area (Å²) in [6.07, 6.45) is 6.74. The maximum absolute atomic E-state index is 6.15. The van der Waals surface area contributed by atoms with E-state index in [-0.39, 0.29) is 5.41 Å². The maximum atomic E-state index is 6.15. The van der Waals surface area contributed by atoms with Crippen molar-refractivity contribution in [3.05, 3.63) is 18.0 Å². The molecule has 1 fully saturated rings. The van der Waals surface area contributed by atoms with Gasteiger partial charge in [0.15, 0.2) is 11.5 Å². The van der Waals surface area contributed by atoms with Crippen LogP contribution in [0.4, 0.5) is 0 Å². The van der Waals surface area contributed by atoms with E-state index in [1.54, 1.807) is 26.5 Å². The van der Waals surface area contributed by atoms with Crippen LogP contribution in [0.15, 0.2) is 12.3 Å². The van der Waals surface area contributed by atoms with Crippen LogP contribution in [0.25, 0.3) is 0 Å². The fourth-order valence-corrected chi connectivity index (χ4v) is 3.27. The van der Waals surface area contributed by atoms with Crippen LogP contribution in [-0.4, -0.2) is 31.6 Å². The lowest BCUT2D eigenvalue weighted by Gasteiger charge is -2.26. The summed E-state index contributed by atoms with van der Waals surface area (Å²) in [4.78, 5) is 4.37. The molecule has 0 bridgehead atoms. The van der Waals surface area contributed by atoms with E-state index in [4.69, 9.17) is 21.1 Å². The average Bonchev–Trinajstić information content (AvgIpc) is 2.96. The topological polar surface area (TPSA) is 43.4 Å². The highest BCUT2D eigenvalue weighted by Crippen LogP contribution is 2.38. The van der Waals surface area contributed by atoms with Gasteiger partial charge in [-0.25, -0.2) is 0 Å². The van der Waals surface area contributed by atoms with Crippen LogP contribution < -0.4 is 14.8 Å². The minimum atomic E-state index is 0.258. The monoisotopic (exact) mass is 298 g/mol. The van der Waals surface area contributed by atoms with E-state index in [0.717, 1.165) is 18.1 Å². The third-order valence-electron chi connectivity index (χ3n) is 4.11.